The molecule has 1 nitrogen and oxygen atoms in total. The summed E-state index contributed by atoms with van der Waals surface area (Å²) in [5.74, 6) is 0.798. The molecule has 0 rings (SSSR count). The molecule has 0 unspecified atom stereocenters. The van der Waals surface area contributed by atoms with Crippen LogP contribution in [-0.2, 0) is 0 Å². The van der Waals surface area contributed by atoms with Gasteiger partial charge < -0.3 is 5.32 Å². The lowest BCUT2D eigenvalue weighted by atomic mass is 9.85. The highest BCUT2D eigenvalue weighted by Crippen LogP contribution is 2.23. The van der Waals surface area contributed by atoms with E-state index in [1.54, 1.807) is 0 Å². The first-order chi connectivity index (χ1) is 5.85. The summed E-state index contributed by atoms with van der Waals surface area (Å²) in [5.41, 5.74) is 0.446. The smallest absolute Gasteiger partial charge is 0.00743 e. The van der Waals surface area contributed by atoms with Crippen molar-refractivity contribution in [2.75, 3.05) is 6.54 Å². The van der Waals surface area contributed by atoms with E-state index < -0.39 is 0 Å². The fourth-order valence-electron chi connectivity index (χ4n) is 1.84. The van der Waals surface area contributed by atoms with Crippen molar-refractivity contribution in [3.05, 3.63) is 0 Å². The van der Waals surface area contributed by atoms with Crippen LogP contribution in [0.3, 0.4) is 0 Å². The SMILES string of the molecule is CCN[C@@H](CC(C)C)CC(C)(C)C. The molecule has 0 spiro atoms. The van der Waals surface area contributed by atoms with E-state index in [9.17, 15) is 0 Å². The fourth-order valence-corrected chi connectivity index (χ4v) is 1.84. The zero-order chi connectivity index (χ0) is 10.5. The predicted molar refractivity (Wildman–Crippen MR) is 61.0 cm³/mol. The maximum Gasteiger partial charge on any atom is 0.00743 e. The van der Waals surface area contributed by atoms with Crippen LogP contribution in [0, 0.1) is 11.3 Å². The maximum atomic E-state index is 3.57. The van der Waals surface area contributed by atoms with E-state index in [0.717, 1.165) is 12.5 Å². The molecular weight excluding hydrogens is 158 g/mol. The Bertz CT molecular complexity index is 122. The fraction of sp³-hybridized carbons (Fsp3) is 1.00. The lowest BCUT2D eigenvalue weighted by Crippen LogP contribution is -2.33. The van der Waals surface area contributed by atoms with E-state index in [1.807, 2.05) is 0 Å². The molecule has 0 aliphatic carbocycles. The molecule has 0 aromatic heterocycles. The van der Waals surface area contributed by atoms with Gasteiger partial charge in [-0.05, 0) is 30.7 Å². The molecule has 0 amide bonds. The highest BCUT2D eigenvalue weighted by molar-refractivity contribution is 4.75. The molecule has 0 aromatic rings. The van der Waals surface area contributed by atoms with E-state index >= 15 is 0 Å². The third-order valence-electron chi connectivity index (χ3n) is 2.11. The molecule has 0 saturated heterocycles. The van der Waals surface area contributed by atoms with Gasteiger partial charge in [0.15, 0.2) is 0 Å². The monoisotopic (exact) mass is 185 g/mol. The first kappa shape index (κ1) is 13.0. The molecule has 0 radical (unpaired) electrons. The second kappa shape index (κ2) is 5.64. The van der Waals surface area contributed by atoms with Crippen LogP contribution < -0.4 is 5.32 Å². The van der Waals surface area contributed by atoms with Gasteiger partial charge in [-0.3, -0.25) is 0 Å². The van der Waals surface area contributed by atoms with Crippen LogP contribution >= 0.6 is 0 Å². The van der Waals surface area contributed by atoms with E-state index in [2.05, 4.69) is 46.9 Å². The van der Waals surface area contributed by atoms with Gasteiger partial charge in [0.05, 0.1) is 0 Å². The lowest BCUT2D eigenvalue weighted by Gasteiger charge is -2.27. The maximum absolute atomic E-state index is 3.57. The first-order valence-electron chi connectivity index (χ1n) is 5.58. The zero-order valence-corrected chi connectivity index (χ0v) is 10.3. The molecule has 0 aromatic carbocycles. The lowest BCUT2D eigenvalue weighted by molar-refractivity contribution is 0.284. The van der Waals surface area contributed by atoms with Crippen molar-refractivity contribution >= 4 is 0 Å². The predicted octanol–water partition coefficient (Wildman–Crippen LogP) is 3.45. The van der Waals surface area contributed by atoms with Gasteiger partial charge in [-0.2, -0.15) is 0 Å². The molecule has 0 heterocycles. The average Bonchev–Trinajstić information content (AvgIpc) is 1.81. The van der Waals surface area contributed by atoms with Crippen molar-refractivity contribution in [1.82, 2.24) is 5.32 Å². The molecule has 1 atom stereocenters. The highest BCUT2D eigenvalue weighted by Gasteiger charge is 2.18. The van der Waals surface area contributed by atoms with E-state index in [-0.39, 0.29) is 0 Å². The van der Waals surface area contributed by atoms with E-state index in [0.29, 0.717) is 11.5 Å². The van der Waals surface area contributed by atoms with E-state index in [1.165, 1.54) is 12.8 Å². The molecule has 80 valence electrons. The van der Waals surface area contributed by atoms with Crippen LogP contribution in [0.15, 0.2) is 0 Å². The Hall–Kier alpha value is -0.0400. The van der Waals surface area contributed by atoms with Crippen LogP contribution in [-0.4, -0.2) is 12.6 Å². The third kappa shape index (κ3) is 8.29. The standard InChI is InChI=1S/C12H27N/c1-7-13-11(8-10(2)3)9-12(4,5)6/h10-11,13H,7-9H2,1-6H3/t11-/m0/s1. The quantitative estimate of drug-likeness (QED) is 0.692. The van der Waals surface area contributed by atoms with Crippen LogP contribution in [0.1, 0.15) is 54.4 Å². The summed E-state index contributed by atoms with van der Waals surface area (Å²) in [4.78, 5) is 0. The van der Waals surface area contributed by atoms with Crippen molar-refractivity contribution in [1.29, 1.82) is 0 Å². The summed E-state index contributed by atoms with van der Waals surface area (Å²) >= 11 is 0. The second-order valence-electron chi connectivity index (χ2n) is 5.65. The van der Waals surface area contributed by atoms with E-state index in [4.69, 9.17) is 0 Å². The van der Waals surface area contributed by atoms with Gasteiger partial charge in [-0.25, -0.2) is 0 Å². The Morgan fingerprint density at radius 3 is 2.00 bits per heavy atom. The number of hydrogen-bond donors (Lipinski definition) is 1. The van der Waals surface area contributed by atoms with Gasteiger partial charge in [-0.15, -0.1) is 0 Å². The van der Waals surface area contributed by atoms with Gasteiger partial charge in [0.25, 0.3) is 0 Å². The second-order valence-corrected chi connectivity index (χ2v) is 5.65. The number of nitrogens with one attached hydrogen (secondary N) is 1. The van der Waals surface area contributed by atoms with Gasteiger partial charge in [-0.1, -0.05) is 41.5 Å². The molecule has 0 bridgehead atoms. The number of rotatable bonds is 5. The summed E-state index contributed by atoms with van der Waals surface area (Å²) < 4.78 is 0. The molecule has 13 heavy (non-hydrogen) atoms. The van der Waals surface area contributed by atoms with Crippen molar-refractivity contribution < 1.29 is 0 Å². The summed E-state index contributed by atoms with van der Waals surface area (Å²) in [6.07, 6.45) is 2.57. The Kier molecular flexibility index (Phi) is 5.62. The molecular formula is C12H27N. The van der Waals surface area contributed by atoms with Crippen molar-refractivity contribution in [2.45, 2.75) is 60.4 Å². The Morgan fingerprint density at radius 1 is 1.15 bits per heavy atom. The van der Waals surface area contributed by atoms with Gasteiger partial charge >= 0.3 is 0 Å². The number of hydrogen-bond acceptors (Lipinski definition) is 1. The highest BCUT2D eigenvalue weighted by atomic mass is 14.9. The van der Waals surface area contributed by atoms with Crippen LogP contribution in [0.2, 0.25) is 0 Å². The molecule has 0 fully saturated rings. The minimum absolute atomic E-state index is 0.446. The van der Waals surface area contributed by atoms with Crippen molar-refractivity contribution in [3.63, 3.8) is 0 Å². The molecule has 0 aliphatic rings. The normalized spacial score (nSPS) is 15.0. The third-order valence-corrected chi connectivity index (χ3v) is 2.11. The van der Waals surface area contributed by atoms with Crippen LogP contribution in [0.5, 0.6) is 0 Å². The zero-order valence-electron chi connectivity index (χ0n) is 10.3. The van der Waals surface area contributed by atoms with Gasteiger partial charge in [0, 0.05) is 6.04 Å². The average molecular weight is 185 g/mol. The minimum atomic E-state index is 0.446. The van der Waals surface area contributed by atoms with Gasteiger partial charge in [0.2, 0.25) is 0 Å². The van der Waals surface area contributed by atoms with Gasteiger partial charge in [0.1, 0.15) is 0 Å². The Morgan fingerprint density at radius 2 is 1.69 bits per heavy atom. The minimum Gasteiger partial charge on any atom is -0.314 e. The summed E-state index contributed by atoms with van der Waals surface area (Å²) in [6, 6.07) is 0.699. The van der Waals surface area contributed by atoms with Crippen molar-refractivity contribution in [3.8, 4) is 0 Å². The molecule has 1 N–H and O–H groups in total. The summed E-state index contributed by atoms with van der Waals surface area (Å²) in [7, 11) is 0. The summed E-state index contributed by atoms with van der Waals surface area (Å²) in [5, 5.41) is 3.57. The van der Waals surface area contributed by atoms with Crippen molar-refractivity contribution in [2.24, 2.45) is 11.3 Å². The van der Waals surface area contributed by atoms with Crippen LogP contribution in [0.4, 0.5) is 0 Å². The first-order valence-corrected chi connectivity index (χ1v) is 5.58. The molecule has 0 saturated carbocycles. The van der Waals surface area contributed by atoms with Crippen LogP contribution in [0.25, 0.3) is 0 Å². The Labute approximate surface area is 84.3 Å². The largest absolute Gasteiger partial charge is 0.314 e. The Balaban J connectivity index is 3.94. The molecule has 1 heteroatoms. The molecule has 0 aliphatic heterocycles. The topological polar surface area (TPSA) is 12.0 Å². The summed E-state index contributed by atoms with van der Waals surface area (Å²) in [6.45, 7) is 14.8.